The standard InChI is InChI=1S/C78H54BN3/c1-7-25-55(26-8-1)61-37-23-39-65(49-61)80-74-51-63(57-29-11-3-12-30-57)45-47-70(74)79-71-48-46-64(58-31-13-4-14-32-58)52-75(71)81(66-40-24-38-62(50-66)56-27-9-2-10-28-56)77-54-67(53-76(80)78(77)79)82(72-43-21-19-41-68(72)59-33-15-5-16-34-59)73-44-22-20-42-69(73)60-35-17-6-18-36-60/h1-54H. The van der Waals surface area contributed by atoms with Gasteiger partial charge < -0.3 is 14.7 Å². The third-order valence-corrected chi connectivity index (χ3v) is 16.4. The third-order valence-electron chi connectivity index (χ3n) is 16.4. The zero-order valence-electron chi connectivity index (χ0n) is 45.1. The molecule has 0 aliphatic carbocycles. The number of nitrogens with zero attached hydrogens (tertiary/aromatic N) is 3. The largest absolute Gasteiger partial charge is 0.311 e. The van der Waals surface area contributed by atoms with E-state index in [0.717, 1.165) is 95.7 Å². The molecule has 0 amide bonds. The minimum atomic E-state index is -0.137. The minimum Gasteiger partial charge on any atom is -0.311 e. The van der Waals surface area contributed by atoms with Crippen LogP contribution in [-0.4, -0.2) is 6.71 Å². The third kappa shape index (κ3) is 8.66. The highest BCUT2D eigenvalue weighted by molar-refractivity contribution is 7.00. The van der Waals surface area contributed by atoms with Gasteiger partial charge in [0, 0.05) is 45.3 Å². The first-order chi connectivity index (χ1) is 40.7. The lowest BCUT2D eigenvalue weighted by Gasteiger charge is -2.45. The van der Waals surface area contributed by atoms with Crippen LogP contribution in [0, 0.1) is 0 Å². The van der Waals surface area contributed by atoms with E-state index in [1.54, 1.807) is 0 Å². The Labute approximate surface area is 480 Å². The van der Waals surface area contributed by atoms with Gasteiger partial charge in [-0.25, -0.2) is 0 Å². The predicted molar refractivity (Wildman–Crippen MR) is 348 cm³/mol. The van der Waals surface area contributed by atoms with Crippen LogP contribution in [0.4, 0.5) is 51.2 Å². The highest BCUT2D eigenvalue weighted by Crippen LogP contribution is 2.52. The number of benzene rings is 13. The highest BCUT2D eigenvalue weighted by Gasteiger charge is 2.44. The van der Waals surface area contributed by atoms with Crippen molar-refractivity contribution in [2.24, 2.45) is 0 Å². The van der Waals surface area contributed by atoms with E-state index >= 15 is 0 Å². The molecule has 0 saturated carbocycles. The number of hydrogen-bond acceptors (Lipinski definition) is 3. The summed E-state index contributed by atoms with van der Waals surface area (Å²) in [6.07, 6.45) is 0. The van der Waals surface area contributed by atoms with Gasteiger partial charge in [-0.05, 0) is 133 Å². The second kappa shape index (κ2) is 20.8. The molecule has 0 N–H and O–H groups in total. The summed E-state index contributed by atoms with van der Waals surface area (Å²) in [5.74, 6) is 0. The van der Waals surface area contributed by atoms with Gasteiger partial charge in [0.1, 0.15) is 0 Å². The Hall–Kier alpha value is -10.7. The molecule has 0 atom stereocenters. The molecule has 2 aliphatic heterocycles. The Bertz CT molecular complexity index is 4170. The maximum atomic E-state index is 2.57. The van der Waals surface area contributed by atoms with Crippen LogP contribution in [0.3, 0.4) is 0 Å². The summed E-state index contributed by atoms with van der Waals surface area (Å²) in [6, 6.07) is 120. The first-order valence-corrected chi connectivity index (χ1v) is 28.3. The lowest BCUT2D eigenvalue weighted by molar-refractivity contribution is 1.23. The van der Waals surface area contributed by atoms with Crippen LogP contribution < -0.4 is 31.1 Å². The second-order valence-corrected chi connectivity index (χ2v) is 21.2. The monoisotopic (exact) mass is 1040 g/mol. The quantitative estimate of drug-likeness (QED) is 0.120. The molecule has 13 aromatic rings. The van der Waals surface area contributed by atoms with E-state index in [1.165, 1.54) is 38.6 Å². The van der Waals surface area contributed by atoms with Crippen molar-refractivity contribution in [3.8, 4) is 66.8 Å². The van der Waals surface area contributed by atoms with E-state index in [4.69, 9.17) is 0 Å². The van der Waals surface area contributed by atoms with Crippen molar-refractivity contribution in [3.63, 3.8) is 0 Å². The minimum absolute atomic E-state index is 0.137. The molecule has 13 aromatic carbocycles. The fourth-order valence-corrected chi connectivity index (χ4v) is 12.7. The van der Waals surface area contributed by atoms with Crippen molar-refractivity contribution in [1.82, 2.24) is 0 Å². The van der Waals surface area contributed by atoms with Crippen LogP contribution in [0.2, 0.25) is 0 Å². The van der Waals surface area contributed by atoms with Crippen LogP contribution in [0.25, 0.3) is 66.8 Å². The lowest BCUT2D eigenvalue weighted by Crippen LogP contribution is -2.61. The second-order valence-electron chi connectivity index (χ2n) is 21.2. The fraction of sp³-hybridized carbons (Fsp3) is 0. The SMILES string of the molecule is c1ccc(-c2cccc(N3c4cc(-c5ccccc5)ccc4B4c5ccc(-c6ccccc6)cc5N(c5cccc(-c6ccccc6)c5)c5cc(N(c6ccccc6-c6ccccc6)c6ccccc6-c6ccccc6)cc3c54)c2)cc1. The van der Waals surface area contributed by atoms with E-state index in [-0.39, 0.29) is 6.71 Å². The van der Waals surface area contributed by atoms with Crippen LogP contribution in [0.15, 0.2) is 328 Å². The van der Waals surface area contributed by atoms with Crippen LogP contribution in [0.5, 0.6) is 0 Å². The summed E-state index contributed by atoms with van der Waals surface area (Å²) < 4.78 is 0. The molecule has 0 fully saturated rings. The Kier molecular flexibility index (Phi) is 12.3. The zero-order chi connectivity index (χ0) is 54.3. The first-order valence-electron chi connectivity index (χ1n) is 28.3. The predicted octanol–water partition coefficient (Wildman–Crippen LogP) is 19.2. The molecular formula is C78H54BN3. The number of anilines is 9. The Morgan fingerprint density at radius 1 is 0.232 bits per heavy atom. The molecule has 384 valence electrons. The molecule has 0 bridgehead atoms. The average Bonchev–Trinajstić information content (AvgIpc) is 3.10. The van der Waals surface area contributed by atoms with E-state index in [2.05, 4.69) is 342 Å². The smallest absolute Gasteiger partial charge is 0.252 e. The van der Waals surface area contributed by atoms with Crippen molar-refractivity contribution in [1.29, 1.82) is 0 Å². The van der Waals surface area contributed by atoms with Crippen molar-refractivity contribution >= 4 is 74.3 Å². The van der Waals surface area contributed by atoms with Gasteiger partial charge in [0.15, 0.2) is 0 Å². The van der Waals surface area contributed by atoms with Crippen molar-refractivity contribution in [2.45, 2.75) is 0 Å². The molecule has 0 spiro atoms. The van der Waals surface area contributed by atoms with Crippen LogP contribution in [0.1, 0.15) is 0 Å². The van der Waals surface area contributed by atoms with Gasteiger partial charge in [0.05, 0.1) is 17.1 Å². The van der Waals surface area contributed by atoms with Gasteiger partial charge in [-0.2, -0.15) is 0 Å². The summed E-state index contributed by atoms with van der Waals surface area (Å²) in [4.78, 5) is 7.66. The maximum Gasteiger partial charge on any atom is 0.252 e. The molecule has 4 heteroatoms. The lowest BCUT2D eigenvalue weighted by atomic mass is 9.33. The van der Waals surface area contributed by atoms with Gasteiger partial charge in [0.2, 0.25) is 0 Å². The molecular weight excluding hydrogens is 990 g/mol. The number of rotatable bonds is 11. The van der Waals surface area contributed by atoms with E-state index < -0.39 is 0 Å². The van der Waals surface area contributed by atoms with E-state index in [9.17, 15) is 0 Å². The van der Waals surface area contributed by atoms with Crippen molar-refractivity contribution in [2.75, 3.05) is 14.7 Å². The molecule has 0 unspecified atom stereocenters. The fourth-order valence-electron chi connectivity index (χ4n) is 12.7. The molecule has 2 heterocycles. The van der Waals surface area contributed by atoms with E-state index in [0.29, 0.717) is 0 Å². The number of fused-ring (bicyclic) bond motifs is 4. The topological polar surface area (TPSA) is 9.72 Å². The van der Waals surface area contributed by atoms with Crippen molar-refractivity contribution in [3.05, 3.63) is 328 Å². The molecule has 15 rings (SSSR count). The molecule has 0 aromatic heterocycles. The Morgan fingerprint density at radius 2 is 0.549 bits per heavy atom. The molecule has 2 aliphatic rings. The van der Waals surface area contributed by atoms with Gasteiger partial charge >= 0.3 is 0 Å². The summed E-state index contributed by atoms with van der Waals surface area (Å²) in [5.41, 5.74) is 27.4. The Morgan fingerprint density at radius 3 is 0.927 bits per heavy atom. The van der Waals surface area contributed by atoms with Gasteiger partial charge in [-0.15, -0.1) is 0 Å². The van der Waals surface area contributed by atoms with E-state index in [1.807, 2.05) is 0 Å². The maximum absolute atomic E-state index is 2.57. The van der Waals surface area contributed by atoms with Crippen molar-refractivity contribution < 1.29 is 0 Å². The molecule has 0 saturated heterocycles. The normalized spacial score (nSPS) is 12.1. The first kappa shape index (κ1) is 48.5. The summed E-state index contributed by atoms with van der Waals surface area (Å²) in [6.45, 7) is -0.137. The molecule has 82 heavy (non-hydrogen) atoms. The molecule has 0 radical (unpaired) electrons. The Balaban J connectivity index is 1.09. The van der Waals surface area contributed by atoms with Gasteiger partial charge in [-0.3, -0.25) is 0 Å². The molecule has 3 nitrogen and oxygen atoms in total. The van der Waals surface area contributed by atoms with Gasteiger partial charge in [0.25, 0.3) is 6.71 Å². The summed E-state index contributed by atoms with van der Waals surface area (Å²) in [5, 5.41) is 0. The summed E-state index contributed by atoms with van der Waals surface area (Å²) in [7, 11) is 0. The zero-order valence-corrected chi connectivity index (χ0v) is 45.1. The number of hydrogen-bond donors (Lipinski definition) is 0. The van der Waals surface area contributed by atoms with Crippen LogP contribution in [-0.2, 0) is 0 Å². The number of para-hydroxylation sites is 2. The average molecular weight is 1040 g/mol. The summed E-state index contributed by atoms with van der Waals surface area (Å²) >= 11 is 0. The van der Waals surface area contributed by atoms with Crippen LogP contribution >= 0.6 is 0 Å². The highest BCUT2D eigenvalue weighted by atomic mass is 15.2. The van der Waals surface area contributed by atoms with Gasteiger partial charge in [-0.1, -0.05) is 267 Å².